The van der Waals surface area contributed by atoms with Crippen LogP contribution in [0.4, 0.5) is 0 Å². The predicted octanol–water partition coefficient (Wildman–Crippen LogP) is 10.1. The molecule has 0 fully saturated rings. The van der Waals surface area contributed by atoms with Crippen molar-refractivity contribution in [1.82, 2.24) is 0 Å². The van der Waals surface area contributed by atoms with E-state index in [1.165, 1.54) is 88.5 Å². The van der Waals surface area contributed by atoms with Gasteiger partial charge in [0.25, 0.3) is 10.1 Å². The van der Waals surface area contributed by atoms with Gasteiger partial charge in [0.2, 0.25) is 0 Å². The summed E-state index contributed by atoms with van der Waals surface area (Å²) in [6.07, 6.45) is 18.5. The van der Waals surface area contributed by atoms with E-state index in [1.807, 2.05) is 30.3 Å². The molecule has 4 aromatic rings. The van der Waals surface area contributed by atoms with Gasteiger partial charge in [0.1, 0.15) is 43.8 Å². The summed E-state index contributed by atoms with van der Waals surface area (Å²) in [6.45, 7) is 4.41. The van der Waals surface area contributed by atoms with Crippen LogP contribution in [0.5, 0.6) is 34.5 Å². The largest absolute Gasteiger partial charge is 2.00 e. The van der Waals surface area contributed by atoms with Gasteiger partial charge in [0.05, 0.1) is 4.90 Å². The molecule has 0 spiro atoms. The first-order chi connectivity index (χ1) is 25.8. The van der Waals surface area contributed by atoms with E-state index in [0.717, 1.165) is 61.8 Å². The van der Waals surface area contributed by atoms with Gasteiger partial charge in [0.15, 0.2) is 0 Å². The smallest absolute Gasteiger partial charge is 0.872 e. The molecule has 0 aliphatic carbocycles. The van der Waals surface area contributed by atoms with Crippen LogP contribution in [0, 0.1) is 0 Å². The molecule has 0 bridgehead atoms. The van der Waals surface area contributed by atoms with Crippen molar-refractivity contribution < 1.29 is 45.6 Å². The molecule has 0 heterocycles. The number of ether oxygens (including phenoxy) is 2. The summed E-state index contributed by atoms with van der Waals surface area (Å²) < 4.78 is 78.3. The second-order valence-electron chi connectivity index (χ2n) is 13.3. The molecule has 2 N–H and O–H groups in total. The van der Waals surface area contributed by atoms with Crippen molar-refractivity contribution in [3.8, 4) is 34.5 Å². The minimum atomic E-state index is -4.80. The molecule has 0 aromatic heterocycles. The fourth-order valence-corrected chi connectivity index (χ4v) is 7.20. The molecule has 4 rings (SSSR count). The van der Waals surface area contributed by atoms with Gasteiger partial charge in [-0.15, -0.1) is 5.75 Å². The number of hydrogen-bond acceptors (Lipinski definition) is 9. The van der Waals surface area contributed by atoms with Crippen LogP contribution in [0.2, 0.25) is 0 Å². The summed E-state index contributed by atoms with van der Waals surface area (Å²) in [5.74, 6) is 0.129. The quantitative estimate of drug-likeness (QED) is 0.0441. The van der Waals surface area contributed by atoms with E-state index in [-0.39, 0.29) is 55.0 Å². The molecular formula is C42H54CaO10S2. The number of unbranched alkanes of at least 4 members (excludes halogenated alkanes) is 12. The summed E-state index contributed by atoms with van der Waals surface area (Å²) in [5, 5.41) is 20.9. The van der Waals surface area contributed by atoms with Gasteiger partial charge >= 0.3 is 37.7 Å². The Bertz CT molecular complexity index is 1810. The van der Waals surface area contributed by atoms with E-state index in [1.54, 1.807) is 18.2 Å². The normalized spacial score (nSPS) is 11.3. The maximum absolute atomic E-state index is 11.6. The average molecular weight is 823 g/mol. The van der Waals surface area contributed by atoms with Gasteiger partial charge in [-0.05, 0) is 73.2 Å². The van der Waals surface area contributed by atoms with Crippen LogP contribution in [-0.4, -0.2) is 68.8 Å². The van der Waals surface area contributed by atoms with Crippen molar-refractivity contribution in [1.29, 1.82) is 0 Å². The van der Waals surface area contributed by atoms with Crippen molar-refractivity contribution in [2.24, 2.45) is 0 Å². The van der Waals surface area contributed by atoms with E-state index in [9.17, 15) is 36.2 Å². The molecule has 13 heteroatoms. The van der Waals surface area contributed by atoms with Crippen molar-refractivity contribution in [3.63, 3.8) is 0 Å². The zero-order chi connectivity index (χ0) is 39.4. The fourth-order valence-electron chi connectivity index (χ4n) is 5.95. The van der Waals surface area contributed by atoms with Crippen molar-refractivity contribution in [3.05, 3.63) is 96.1 Å². The van der Waals surface area contributed by atoms with E-state index < -0.39 is 35.8 Å². The second kappa shape index (κ2) is 25.4. The van der Waals surface area contributed by atoms with Crippen molar-refractivity contribution >= 4 is 58.0 Å². The Balaban J connectivity index is 0.000000373. The first-order valence-electron chi connectivity index (χ1n) is 18.9. The fraction of sp³-hybridized carbons (Fsp3) is 0.429. The molecule has 10 nitrogen and oxygen atoms in total. The molecule has 0 atom stereocenters. The maximum atomic E-state index is 11.6. The van der Waals surface area contributed by atoms with Crippen LogP contribution in [0.1, 0.15) is 115 Å². The topological polar surface area (TPSA) is 173 Å². The number of phenolic OH excluding ortho intramolecular Hbond substituents is 1. The maximum Gasteiger partial charge on any atom is 2.00 e. The number of para-hydroxylation sites is 2. The van der Waals surface area contributed by atoms with Crippen LogP contribution < -0.4 is 14.6 Å². The van der Waals surface area contributed by atoms with Gasteiger partial charge in [-0.2, -0.15) is 8.42 Å². The van der Waals surface area contributed by atoms with Gasteiger partial charge in [-0.1, -0.05) is 133 Å². The summed E-state index contributed by atoms with van der Waals surface area (Å²) in [7, 11) is -9.30. The number of aromatic hydroxyl groups is 1. The number of rotatable bonds is 22. The zero-order valence-corrected chi connectivity index (χ0v) is 35.9. The van der Waals surface area contributed by atoms with E-state index in [2.05, 4.69) is 13.8 Å². The standard InChI is InChI=1S/2C21H28O5S.Ca/c2*1-2-3-4-5-6-7-8-11-17-12-9-10-13-19(17)26-20-15-14-18(22)16-21(20)27(23,24)25;/h2*9-10,12-16,22H,2-8,11H2,1H3,(H,23,24,25);/q;;+2/p-2. The Labute approximate surface area is 357 Å². The molecule has 0 radical (unpaired) electrons. The molecule has 0 aliphatic rings. The summed E-state index contributed by atoms with van der Waals surface area (Å²) in [4.78, 5) is -1.08. The molecule has 296 valence electrons. The molecule has 0 saturated carbocycles. The molecular weight excluding hydrogens is 769 g/mol. The Kier molecular flexibility index (Phi) is 22.3. The van der Waals surface area contributed by atoms with Gasteiger partial charge in [-0.25, -0.2) is 8.42 Å². The van der Waals surface area contributed by atoms with Gasteiger partial charge < -0.3 is 24.2 Å². The number of hydrogen-bond donors (Lipinski definition) is 2. The minimum absolute atomic E-state index is 0. The Morgan fingerprint density at radius 3 is 1.42 bits per heavy atom. The molecule has 0 saturated heterocycles. The molecule has 55 heavy (non-hydrogen) atoms. The van der Waals surface area contributed by atoms with E-state index in [0.29, 0.717) is 11.5 Å². The van der Waals surface area contributed by atoms with Crippen LogP contribution in [0.15, 0.2) is 94.7 Å². The Hall–Kier alpha value is -2.84. The number of aryl methyl sites for hydroxylation is 2. The van der Waals surface area contributed by atoms with Crippen molar-refractivity contribution in [2.45, 2.75) is 126 Å². The van der Waals surface area contributed by atoms with Gasteiger partial charge in [0, 0.05) is 6.07 Å². The first-order valence-corrected chi connectivity index (χ1v) is 21.8. The van der Waals surface area contributed by atoms with E-state index in [4.69, 9.17) is 9.47 Å². The Morgan fingerprint density at radius 1 is 0.545 bits per heavy atom. The van der Waals surface area contributed by atoms with Crippen molar-refractivity contribution in [2.75, 3.05) is 0 Å². The summed E-state index contributed by atoms with van der Waals surface area (Å²) in [5.41, 5.74) is 1.94. The minimum Gasteiger partial charge on any atom is -0.872 e. The third-order valence-electron chi connectivity index (χ3n) is 8.87. The molecule has 0 aliphatic heterocycles. The monoisotopic (exact) mass is 822 g/mol. The third kappa shape index (κ3) is 17.9. The number of phenols is 1. The Morgan fingerprint density at radius 2 is 0.964 bits per heavy atom. The molecule has 0 unspecified atom stereocenters. The van der Waals surface area contributed by atoms with Gasteiger partial charge in [-0.3, -0.25) is 4.55 Å². The predicted molar refractivity (Wildman–Crippen MR) is 214 cm³/mol. The third-order valence-corrected chi connectivity index (χ3v) is 10.6. The second-order valence-corrected chi connectivity index (χ2v) is 16.1. The van der Waals surface area contributed by atoms with Crippen LogP contribution in [0.3, 0.4) is 0 Å². The average Bonchev–Trinajstić information content (AvgIpc) is 3.13. The van der Waals surface area contributed by atoms with E-state index >= 15 is 0 Å². The SMILES string of the molecule is CCCCCCCCCc1ccccc1Oc1ccc(O)cc1S(=O)(=O)O.CCCCCCCCCc1ccccc1Oc1ccc([O-])cc1S(=O)(=O)[O-].[Ca+2]. The molecule has 0 amide bonds. The van der Waals surface area contributed by atoms with Crippen LogP contribution in [0.25, 0.3) is 0 Å². The molecule has 4 aromatic carbocycles. The first kappa shape index (κ1) is 48.3. The summed E-state index contributed by atoms with van der Waals surface area (Å²) >= 11 is 0. The van der Waals surface area contributed by atoms with Crippen LogP contribution in [-0.2, 0) is 33.1 Å². The number of benzene rings is 4. The summed E-state index contributed by atoms with van der Waals surface area (Å²) in [6, 6.07) is 21.7. The van der Waals surface area contributed by atoms with Crippen LogP contribution >= 0.6 is 0 Å². The zero-order valence-electron chi connectivity index (χ0n) is 32.1.